The van der Waals surface area contributed by atoms with Gasteiger partial charge in [-0.05, 0) is 31.9 Å². The Morgan fingerprint density at radius 2 is 1.94 bits per heavy atom. The quantitative estimate of drug-likeness (QED) is 0.883. The molecule has 0 amide bonds. The molecule has 4 heteroatoms. The fraction of sp³-hybridized carbons (Fsp3) is 0.286. The van der Waals surface area contributed by atoms with Crippen molar-refractivity contribution >= 4 is 0 Å². The minimum absolute atomic E-state index is 0.0409. The molecule has 0 aliphatic carbocycles. The summed E-state index contributed by atoms with van der Waals surface area (Å²) in [7, 11) is 0. The number of aromatic nitrogens is 2. The average molecular weight is 244 g/mol. The summed E-state index contributed by atoms with van der Waals surface area (Å²) in [6, 6.07) is 7.45. The summed E-state index contributed by atoms with van der Waals surface area (Å²) >= 11 is 0. The lowest BCUT2D eigenvalue weighted by Crippen LogP contribution is -2.25. The first-order chi connectivity index (χ1) is 8.52. The number of rotatable bonds is 2. The molecule has 1 N–H and O–H groups in total. The van der Waals surface area contributed by atoms with Crippen LogP contribution in [0.15, 0.2) is 35.3 Å². The molecule has 0 fully saturated rings. The van der Waals surface area contributed by atoms with E-state index in [0.717, 1.165) is 11.1 Å². The second kappa shape index (κ2) is 4.64. The molecule has 0 spiro atoms. The molecular formula is C14H16N2O2. The van der Waals surface area contributed by atoms with Crippen molar-refractivity contribution in [2.75, 3.05) is 0 Å². The van der Waals surface area contributed by atoms with Crippen LogP contribution in [-0.4, -0.2) is 14.9 Å². The molecule has 1 heterocycles. The molecule has 1 aromatic carbocycles. The first-order valence-corrected chi connectivity index (χ1v) is 5.89. The standard InChI is InChI=1S/C14H16N2O2/c1-9(2)16-14(18)13(12(17)8-15-16)11-7-5-4-6-10(11)3/h4-9,17H,1-3H3. The fourth-order valence-electron chi connectivity index (χ4n) is 1.93. The van der Waals surface area contributed by atoms with E-state index < -0.39 is 0 Å². The van der Waals surface area contributed by atoms with E-state index in [4.69, 9.17) is 0 Å². The molecule has 0 aliphatic heterocycles. The van der Waals surface area contributed by atoms with E-state index >= 15 is 0 Å². The smallest absolute Gasteiger partial charge is 0.278 e. The molecule has 0 atom stereocenters. The van der Waals surface area contributed by atoms with Gasteiger partial charge in [-0.1, -0.05) is 24.3 Å². The Hall–Kier alpha value is -2.10. The number of hydrogen-bond acceptors (Lipinski definition) is 3. The number of aromatic hydroxyl groups is 1. The Kier molecular flexibility index (Phi) is 3.19. The van der Waals surface area contributed by atoms with Crippen LogP contribution in [-0.2, 0) is 0 Å². The number of hydrogen-bond donors (Lipinski definition) is 1. The topological polar surface area (TPSA) is 55.1 Å². The number of nitrogens with zero attached hydrogens (tertiary/aromatic N) is 2. The number of benzene rings is 1. The Labute approximate surface area is 106 Å². The molecule has 0 aliphatic rings. The molecule has 0 saturated heterocycles. The second-order valence-corrected chi connectivity index (χ2v) is 4.56. The summed E-state index contributed by atoms with van der Waals surface area (Å²) in [6.45, 7) is 5.68. The largest absolute Gasteiger partial charge is 0.505 e. The van der Waals surface area contributed by atoms with E-state index in [1.165, 1.54) is 10.9 Å². The summed E-state index contributed by atoms with van der Waals surface area (Å²) in [5, 5.41) is 13.8. The van der Waals surface area contributed by atoms with Crippen LogP contribution >= 0.6 is 0 Å². The predicted octanol–water partition coefficient (Wildman–Crippen LogP) is 2.51. The van der Waals surface area contributed by atoms with Crippen LogP contribution < -0.4 is 5.56 Å². The van der Waals surface area contributed by atoms with E-state index in [-0.39, 0.29) is 17.4 Å². The lowest BCUT2D eigenvalue weighted by Gasteiger charge is -2.12. The molecule has 1 aromatic heterocycles. The molecule has 4 nitrogen and oxygen atoms in total. The van der Waals surface area contributed by atoms with E-state index in [2.05, 4.69) is 5.10 Å². The zero-order chi connectivity index (χ0) is 13.3. The first kappa shape index (κ1) is 12.4. The van der Waals surface area contributed by atoms with Gasteiger partial charge in [0.05, 0.1) is 17.8 Å². The van der Waals surface area contributed by atoms with Gasteiger partial charge in [0.15, 0.2) is 0 Å². The lowest BCUT2D eigenvalue weighted by molar-refractivity contribution is 0.449. The van der Waals surface area contributed by atoms with E-state index in [0.29, 0.717) is 5.56 Å². The van der Waals surface area contributed by atoms with Gasteiger partial charge in [-0.25, -0.2) is 4.68 Å². The van der Waals surface area contributed by atoms with Gasteiger partial charge >= 0.3 is 0 Å². The molecule has 0 unspecified atom stereocenters. The summed E-state index contributed by atoms with van der Waals surface area (Å²) < 4.78 is 1.38. The van der Waals surface area contributed by atoms with Crippen molar-refractivity contribution in [2.45, 2.75) is 26.8 Å². The SMILES string of the molecule is Cc1ccccc1-c1c(O)cnn(C(C)C)c1=O. The molecule has 94 valence electrons. The second-order valence-electron chi connectivity index (χ2n) is 4.56. The maximum atomic E-state index is 12.3. The Morgan fingerprint density at radius 3 is 2.56 bits per heavy atom. The highest BCUT2D eigenvalue weighted by Crippen LogP contribution is 2.27. The average Bonchev–Trinajstić information content (AvgIpc) is 2.31. The summed E-state index contributed by atoms with van der Waals surface area (Å²) in [6.07, 6.45) is 1.32. The Morgan fingerprint density at radius 1 is 1.28 bits per heavy atom. The Bertz CT molecular complexity index is 630. The maximum absolute atomic E-state index is 12.3. The third kappa shape index (κ3) is 2.01. The minimum atomic E-state index is -0.265. The highest BCUT2D eigenvalue weighted by atomic mass is 16.3. The monoisotopic (exact) mass is 244 g/mol. The third-order valence-electron chi connectivity index (χ3n) is 2.89. The zero-order valence-corrected chi connectivity index (χ0v) is 10.7. The highest BCUT2D eigenvalue weighted by Gasteiger charge is 2.15. The zero-order valence-electron chi connectivity index (χ0n) is 10.7. The van der Waals surface area contributed by atoms with Crippen molar-refractivity contribution < 1.29 is 5.11 Å². The van der Waals surface area contributed by atoms with Gasteiger partial charge in [-0.15, -0.1) is 0 Å². The van der Waals surface area contributed by atoms with Crippen LogP contribution in [0.3, 0.4) is 0 Å². The predicted molar refractivity (Wildman–Crippen MR) is 70.7 cm³/mol. The number of aryl methyl sites for hydroxylation is 1. The molecule has 0 bridgehead atoms. The van der Waals surface area contributed by atoms with Gasteiger partial charge < -0.3 is 5.11 Å². The van der Waals surface area contributed by atoms with Crippen molar-refractivity contribution in [2.24, 2.45) is 0 Å². The lowest BCUT2D eigenvalue weighted by atomic mass is 10.0. The van der Waals surface area contributed by atoms with Crippen LogP contribution in [0, 0.1) is 6.92 Å². The van der Waals surface area contributed by atoms with Crippen LogP contribution in [0.4, 0.5) is 0 Å². The third-order valence-corrected chi connectivity index (χ3v) is 2.89. The van der Waals surface area contributed by atoms with Gasteiger partial charge in [0.1, 0.15) is 5.75 Å². The van der Waals surface area contributed by atoms with Gasteiger partial charge in [-0.3, -0.25) is 4.79 Å². The molecule has 2 rings (SSSR count). The van der Waals surface area contributed by atoms with Gasteiger partial charge in [-0.2, -0.15) is 5.10 Å². The van der Waals surface area contributed by atoms with E-state index in [1.807, 2.05) is 45.0 Å². The van der Waals surface area contributed by atoms with Crippen molar-refractivity contribution in [3.05, 3.63) is 46.4 Å². The van der Waals surface area contributed by atoms with Crippen molar-refractivity contribution in [1.29, 1.82) is 0 Å². The van der Waals surface area contributed by atoms with Crippen LogP contribution in [0.1, 0.15) is 25.5 Å². The summed E-state index contributed by atoms with van der Waals surface area (Å²) in [5.41, 5.74) is 1.75. The van der Waals surface area contributed by atoms with Crippen molar-refractivity contribution in [1.82, 2.24) is 9.78 Å². The molecule has 0 saturated carbocycles. The normalized spacial score (nSPS) is 10.9. The minimum Gasteiger partial charge on any atom is -0.505 e. The highest BCUT2D eigenvalue weighted by molar-refractivity contribution is 5.71. The Balaban J connectivity index is 2.76. The van der Waals surface area contributed by atoms with Gasteiger partial charge in [0.25, 0.3) is 5.56 Å². The fourth-order valence-corrected chi connectivity index (χ4v) is 1.93. The molecule has 2 aromatic rings. The van der Waals surface area contributed by atoms with Crippen molar-refractivity contribution in [3.63, 3.8) is 0 Å². The molecule has 18 heavy (non-hydrogen) atoms. The van der Waals surface area contributed by atoms with Crippen LogP contribution in [0.2, 0.25) is 0 Å². The maximum Gasteiger partial charge on any atom is 0.278 e. The van der Waals surface area contributed by atoms with Crippen LogP contribution in [0.25, 0.3) is 11.1 Å². The van der Waals surface area contributed by atoms with Gasteiger partial charge in [0.2, 0.25) is 0 Å². The van der Waals surface area contributed by atoms with Gasteiger partial charge in [0, 0.05) is 0 Å². The van der Waals surface area contributed by atoms with Crippen molar-refractivity contribution in [3.8, 4) is 16.9 Å². The first-order valence-electron chi connectivity index (χ1n) is 5.89. The molecular weight excluding hydrogens is 228 g/mol. The van der Waals surface area contributed by atoms with Crippen LogP contribution in [0.5, 0.6) is 5.75 Å². The summed E-state index contributed by atoms with van der Waals surface area (Å²) in [4.78, 5) is 12.3. The van der Waals surface area contributed by atoms with E-state index in [9.17, 15) is 9.90 Å². The molecule has 0 radical (unpaired) electrons. The summed E-state index contributed by atoms with van der Waals surface area (Å²) in [5.74, 6) is -0.0776. The van der Waals surface area contributed by atoms with E-state index in [1.54, 1.807) is 0 Å².